The quantitative estimate of drug-likeness (QED) is 0.216. The number of benzene rings is 5. The van der Waals surface area contributed by atoms with Gasteiger partial charge < -0.3 is 0 Å². The van der Waals surface area contributed by atoms with Crippen LogP contribution in [-0.2, 0) is 16.2 Å². The monoisotopic (exact) mass is 534 g/mol. The molecule has 41 heavy (non-hydrogen) atoms. The first kappa shape index (κ1) is 27.3. The van der Waals surface area contributed by atoms with Crippen molar-refractivity contribution in [1.29, 1.82) is 0 Å². The van der Waals surface area contributed by atoms with Gasteiger partial charge in [-0.05, 0) is 83.7 Å². The van der Waals surface area contributed by atoms with Gasteiger partial charge in [0.15, 0.2) is 0 Å². The number of hydrogen-bond acceptors (Lipinski definition) is 0. The maximum absolute atomic E-state index is 2.48. The number of hydrogen-bond donors (Lipinski definition) is 0. The highest BCUT2D eigenvalue weighted by atomic mass is 14.4. The smallest absolute Gasteiger partial charge is 0.0159 e. The van der Waals surface area contributed by atoms with Crippen LogP contribution in [-0.4, -0.2) is 0 Å². The Balaban J connectivity index is 1.45. The molecule has 0 heterocycles. The van der Waals surface area contributed by atoms with Crippen LogP contribution in [0.15, 0.2) is 109 Å². The minimum absolute atomic E-state index is 0.0532. The first-order chi connectivity index (χ1) is 19.3. The summed E-state index contributed by atoms with van der Waals surface area (Å²) in [6.07, 6.45) is 0. The van der Waals surface area contributed by atoms with Crippen LogP contribution >= 0.6 is 0 Å². The summed E-state index contributed by atoms with van der Waals surface area (Å²) < 4.78 is 0. The molecule has 0 atom stereocenters. The second kappa shape index (κ2) is 9.59. The molecule has 5 aromatic carbocycles. The molecule has 6 rings (SSSR count). The molecule has 0 saturated heterocycles. The summed E-state index contributed by atoms with van der Waals surface area (Å²) in [5, 5.41) is 0. The predicted octanol–water partition coefficient (Wildman–Crippen LogP) is 11.6. The van der Waals surface area contributed by atoms with Crippen molar-refractivity contribution in [1.82, 2.24) is 0 Å². The Bertz CT molecular complexity index is 1720. The molecule has 0 bridgehead atoms. The van der Waals surface area contributed by atoms with Crippen LogP contribution in [0.25, 0.3) is 44.5 Å². The van der Waals surface area contributed by atoms with Crippen molar-refractivity contribution >= 4 is 0 Å². The lowest BCUT2D eigenvalue weighted by atomic mass is 9.76. The van der Waals surface area contributed by atoms with Gasteiger partial charge in [0.05, 0.1) is 0 Å². The maximum Gasteiger partial charge on any atom is 0.0159 e. The minimum Gasteiger partial charge on any atom is -0.0622 e. The van der Waals surface area contributed by atoms with Gasteiger partial charge in [0, 0.05) is 5.41 Å². The highest BCUT2D eigenvalue weighted by Gasteiger charge is 2.39. The molecule has 0 aliphatic heterocycles. The fourth-order valence-electron chi connectivity index (χ4n) is 6.30. The van der Waals surface area contributed by atoms with Gasteiger partial charge in [-0.1, -0.05) is 159 Å². The Kier molecular flexibility index (Phi) is 6.38. The number of rotatable bonds is 3. The standard InChI is InChI=1S/C41H42/c1-39(2,3)32-22-23-34-36(25-32)41(7,8)37-26-33(40(4,5)6)24-35(38(34)37)31-20-18-30(19-21-31)29-16-14-28(15-17-29)27-12-10-9-11-13-27/h9-26H,1-8H3. The van der Waals surface area contributed by atoms with Gasteiger partial charge in [-0.15, -0.1) is 0 Å². The molecule has 0 unspecified atom stereocenters. The fourth-order valence-corrected chi connectivity index (χ4v) is 6.30. The summed E-state index contributed by atoms with van der Waals surface area (Å²) in [5.41, 5.74) is 16.2. The molecule has 5 aromatic rings. The molecule has 1 aliphatic carbocycles. The van der Waals surface area contributed by atoms with Crippen molar-refractivity contribution in [3.8, 4) is 44.5 Å². The van der Waals surface area contributed by atoms with Crippen molar-refractivity contribution in [3.63, 3.8) is 0 Å². The lowest BCUT2D eigenvalue weighted by Gasteiger charge is -2.27. The molecular weight excluding hydrogens is 492 g/mol. The van der Waals surface area contributed by atoms with E-state index in [-0.39, 0.29) is 16.2 Å². The molecule has 0 spiro atoms. The molecule has 0 heteroatoms. The second-order valence-corrected chi connectivity index (χ2v) is 14.4. The highest BCUT2D eigenvalue weighted by molar-refractivity contribution is 5.93. The Hall–Kier alpha value is -3.90. The van der Waals surface area contributed by atoms with Crippen molar-refractivity contribution < 1.29 is 0 Å². The van der Waals surface area contributed by atoms with E-state index in [2.05, 4.69) is 165 Å². The van der Waals surface area contributed by atoms with Crippen molar-refractivity contribution in [2.24, 2.45) is 0 Å². The average Bonchev–Trinajstić information content (AvgIpc) is 3.18. The van der Waals surface area contributed by atoms with Gasteiger partial charge in [-0.3, -0.25) is 0 Å². The molecule has 206 valence electrons. The van der Waals surface area contributed by atoms with E-state index in [9.17, 15) is 0 Å². The lowest BCUT2D eigenvalue weighted by molar-refractivity contribution is 0.580. The summed E-state index contributed by atoms with van der Waals surface area (Å²) in [6.45, 7) is 18.7. The van der Waals surface area contributed by atoms with E-state index >= 15 is 0 Å². The fraction of sp³-hybridized carbons (Fsp3) is 0.268. The normalized spacial score (nSPS) is 14.0. The molecule has 0 aromatic heterocycles. The van der Waals surface area contributed by atoms with E-state index in [4.69, 9.17) is 0 Å². The molecule has 0 radical (unpaired) electrons. The van der Waals surface area contributed by atoms with Gasteiger partial charge in [0.25, 0.3) is 0 Å². The van der Waals surface area contributed by atoms with Gasteiger partial charge in [0.1, 0.15) is 0 Å². The topological polar surface area (TPSA) is 0 Å². The minimum atomic E-state index is -0.0532. The van der Waals surface area contributed by atoms with Crippen LogP contribution in [0.1, 0.15) is 77.6 Å². The van der Waals surface area contributed by atoms with Gasteiger partial charge in [0.2, 0.25) is 0 Å². The third kappa shape index (κ3) is 4.84. The first-order valence-corrected chi connectivity index (χ1v) is 14.9. The zero-order chi connectivity index (χ0) is 29.2. The van der Waals surface area contributed by atoms with Crippen molar-refractivity contribution in [2.75, 3.05) is 0 Å². The first-order valence-electron chi connectivity index (χ1n) is 14.9. The van der Waals surface area contributed by atoms with E-state index in [1.54, 1.807) is 0 Å². The molecular formula is C41H42. The van der Waals surface area contributed by atoms with Crippen LogP contribution in [0.3, 0.4) is 0 Å². The second-order valence-electron chi connectivity index (χ2n) is 14.4. The van der Waals surface area contributed by atoms with E-state index in [1.807, 2.05) is 0 Å². The van der Waals surface area contributed by atoms with Crippen LogP contribution in [0.5, 0.6) is 0 Å². The Labute approximate surface area is 247 Å². The summed E-state index contributed by atoms with van der Waals surface area (Å²) in [6, 6.07) is 40.8. The lowest BCUT2D eigenvalue weighted by Crippen LogP contribution is -2.19. The Morgan fingerprint density at radius 1 is 0.415 bits per heavy atom. The van der Waals surface area contributed by atoms with Gasteiger partial charge >= 0.3 is 0 Å². The van der Waals surface area contributed by atoms with Gasteiger partial charge in [-0.2, -0.15) is 0 Å². The van der Waals surface area contributed by atoms with Crippen LogP contribution in [0.2, 0.25) is 0 Å². The van der Waals surface area contributed by atoms with Crippen LogP contribution in [0, 0.1) is 0 Å². The largest absolute Gasteiger partial charge is 0.0622 e. The van der Waals surface area contributed by atoms with E-state index in [1.165, 1.54) is 66.8 Å². The summed E-state index contributed by atoms with van der Waals surface area (Å²) in [5.74, 6) is 0. The zero-order valence-electron chi connectivity index (χ0n) is 25.9. The SMILES string of the molecule is CC(C)(C)c1ccc2c(c1)C(C)(C)c1cc(C(C)(C)C)cc(-c3ccc(-c4ccc(-c5ccccc5)cc4)cc3)c1-2. The third-order valence-electron chi connectivity index (χ3n) is 9.03. The molecule has 0 amide bonds. The van der Waals surface area contributed by atoms with Crippen LogP contribution < -0.4 is 0 Å². The van der Waals surface area contributed by atoms with Crippen molar-refractivity contribution in [2.45, 2.75) is 71.6 Å². The number of fused-ring (bicyclic) bond motifs is 3. The summed E-state index contributed by atoms with van der Waals surface area (Å²) in [4.78, 5) is 0. The third-order valence-corrected chi connectivity index (χ3v) is 9.03. The predicted molar refractivity (Wildman–Crippen MR) is 178 cm³/mol. The van der Waals surface area contributed by atoms with E-state index in [0.29, 0.717) is 0 Å². The molecule has 0 saturated carbocycles. The zero-order valence-corrected chi connectivity index (χ0v) is 25.9. The Morgan fingerprint density at radius 3 is 1.39 bits per heavy atom. The molecule has 0 N–H and O–H groups in total. The van der Waals surface area contributed by atoms with Gasteiger partial charge in [-0.25, -0.2) is 0 Å². The molecule has 1 aliphatic rings. The Morgan fingerprint density at radius 2 is 0.878 bits per heavy atom. The van der Waals surface area contributed by atoms with E-state index in [0.717, 1.165) is 0 Å². The van der Waals surface area contributed by atoms with Crippen molar-refractivity contribution in [3.05, 3.63) is 131 Å². The summed E-state index contributed by atoms with van der Waals surface area (Å²) >= 11 is 0. The van der Waals surface area contributed by atoms with Crippen LogP contribution in [0.4, 0.5) is 0 Å². The summed E-state index contributed by atoms with van der Waals surface area (Å²) in [7, 11) is 0. The molecule has 0 nitrogen and oxygen atoms in total. The average molecular weight is 535 g/mol. The van der Waals surface area contributed by atoms with E-state index < -0.39 is 0 Å². The highest BCUT2D eigenvalue weighted by Crippen LogP contribution is 2.54. The molecule has 0 fully saturated rings. The maximum atomic E-state index is 2.48.